The second-order valence-electron chi connectivity index (χ2n) is 7.40. The first kappa shape index (κ1) is 17.7. The summed E-state index contributed by atoms with van der Waals surface area (Å²) in [6.45, 7) is 13.4. The maximum absolute atomic E-state index is 11.9. The highest BCUT2D eigenvalue weighted by atomic mass is 28.4. The third-order valence-electron chi connectivity index (χ3n) is 4.73. The minimum Gasteiger partial charge on any atom is -0.409 e. The van der Waals surface area contributed by atoms with Crippen LogP contribution >= 0.6 is 0 Å². The number of aliphatic hydroxyl groups is 1. The summed E-state index contributed by atoms with van der Waals surface area (Å²) in [5.74, 6) is -0.348. The fraction of sp³-hybridized carbons (Fsp3) is 0.933. The van der Waals surface area contributed by atoms with E-state index >= 15 is 0 Å². The fourth-order valence-corrected chi connectivity index (χ4v) is 3.59. The van der Waals surface area contributed by atoms with Crippen LogP contribution in [-0.4, -0.2) is 38.1 Å². The summed E-state index contributed by atoms with van der Waals surface area (Å²) in [4.78, 5) is 11.9. The van der Waals surface area contributed by atoms with Crippen LogP contribution in [-0.2, 0) is 9.22 Å². The molecule has 0 aromatic heterocycles. The number of rotatable bonds is 5. The molecular formula is C15H31NO3Si. The molecule has 4 nitrogen and oxygen atoms in total. The predicted molar refractivity (Wildman–Crippen MR) is 84.1 cm³/mol. The smallest absolute Gasteiger partial charge is 0.225 e. The van der Waals surface area contributed by atoms with Crippen LogP contribution in [0.15, 0.2) is 0 Å². The Kier molecular flexibility index (Phi) is 5.81. The first-order valence-corrected chi connectivity index (χ1v) is 10.6. The SMILES string of the molecule is CCCC[C@H]1C(=O)NC[C@@H](O[Si](C)(C)C(C)(C)C)[C@@H]1O. The van der Waals surface area contributed by atoms with Crippen LogP contribution in [0.1, 0.15) is 47.0 Å². The number of aliphatic hydroxyl groups excluding tert-OH is 1. The molecule has 0 bridgehead atoms. The molecule has 0 spiro atoms. The van der Waals surface area contributed by atoms with Crippen molar-refractivity contribution in [1.82, 2.24) is 5.32 Å². The van der Waals surface area contributed by atoms with Crippen molar-refractivity contribution in [2.45, 2.75) is 77.3 Å². The first-order valence-electron chi connectivity index (χ1n) is 7.73. The van der Waals surface area contributed by atoms with E-state index in [1.807, 2.05) is 0 Å². The van der Waals surface area contributed by atoms with Gasteiger partial charge in [0.15, 0.2) is 8.32 Å². The van der Waals surface area contributed by atoms with Crippen LogP contribution in [0.3, 0.4) is 0 Å². The lowest BCUT2D eigenvalue weighted by Crippen LogP contribution is -2.58. The topological polar surface area (TPSA) is 58.6 Å². The monoisotopic (exact) mass is 301 g/mol. The molecule has 1 saturated heterocycles. The molecular weight excluding hydrogens is 270 g/mol. The lowest BCUT2D eigenvalue weighted by molar-refractivity contribution is -0.138. The van der Waals surface area contributed by atoms with Gasteiger partial charge in [-0.05, 0) is 24.6 Å². The van der Waals surface area contributed by atoms with Crippen LogP contribution in [0.2, 0.25) is 18.1 Å². The van der Waals surface area contributed by atoms with Crippen molar-refractivity contribution >= 4 is 14.2 Å². The minimum atomic E-state index is -1.93. The van der Waals surface area contributed by atoms with E-state index in [-0.39, 0.29) is 23.0 Å². The van der Waals surface area contributed by atoms with Crippen LogP contribution < -0.4 is 5.32 Å². The molecule has 1 aliphatic heterocycles. The van der Waals surface area contributed by atoms with E-state index in [2.05, 4.69) is 46.1 Å². The van der Waals surface area contributed by atoms with Crippen molar-refractivity contribution in [3.8, 4) is 0 Å². The number of hydrogen-bond donors (Lipinski definition) is 2. The van der Waals surface area contributed by atoms with Gasteiger partial charge in [0.05, 0.1) is 18.1 Å². The summed E-state index contributed by atoms with van der Waals surface area (Å²) in [5, 5.41) is 13.5. The number of nitrogens with one attached hydrogen (secondary N) is 1. The highest BCUT2D eigenvalue weighted by molar-refractivity contribution is 6.74. The quantitative estimate of drug-likeness (QED) is 0.768. The second-order valence-corrected chi connectivity index (χ2v) is 12.2. The van der Waals surface area contributed by atoms with Gasteiger partial charge in [-0.1, -0.05) is 40.5 Å². The largest absolute Gasteiger partial charge is 0.409 e. The Morgan fingerprint density at radius 2 is 2.00 bits per heavy atom. The molecule has 0 radical (unpaired) electrons. The zero-order valence-corrected chi connectivity index (χ0v) is 14.8. The molecule has 1 fully saturated rings. The van der Waals surface area contributed by atoms with E-state index in [4.69, 9.17) is 4.43 Å². The van der Waals surface area contributed by atoms with Gasteiger partial charge in [0, 0.05) is 6.54 Å². The summed E-state index contributed by atoms with van der Waals surface area (Å²) in [6, 6.07) is 0. The highest BCUT2D eigenvalue weighted by Crippen LogP contribution is 2.38. The van der Waals surface area contributed by atoms with Crippen LogP contribution in [0.5, 0.6) is 0 Å². The van der Waals surface area contributed by atoms with E-state index in [9.17, 15) is 9.90 Å². The van der Waals surface area contributed by atoms with Gasteiger partial charge in [0.25, 0.3) is 0 Å². The number of carbonyl (C=O) groups is 1. The van der Waals surface area contributed by atoms with E-state index in [1.54, 1.807) is 0 Å². The molecule has 1 rings (SSSR count). The van der Waals surface area contributed by atoms with Gasteiger partial charge in [-0.3, -0.25) is 4.79 Å². The average molecular weight is 302 g/mol. The lowest BCUT2D eigenvalue weighted by Gasteiger charge is -2.43. The third kappa shape index (κ3) is 4.05. The van der Waals surface area contributed by atoms with E-state index < -0.39 is 14.4 Å². The molecule has 0 aromatic carbocycles. The second kappa shape index (κ2) is 6.58. The molecule has 1 aliphatic rings. The van der Waals surface area contributed by atoms with Gasteiger partial charge < -0.3 is 14.8 Å². The van der Waals surface area contributed by atoms with Crippen molar-refractivity contribution in [2.75, 3.05) is 6.54 Å². The summed E-state index contributed by atoms with van der Waals surface area (Å²) in [6.07, 6.45) is 1.78. The van der Waals surface area contributed by atoms with E-state index in [0.717, 1.165) is 19.3 Å². The predicted octanol–water partition coefficient (Wildman–Crippen LogP) is 2.67. The Bertz CT molecular complexity index is 339. The van der Waals surface area contributed by atoms with Gasteiger partial charge in [-0.25, -0.2) is 0 Å². The summed E-state index contributed by atoms with van der Waals surface area (Å²) < 4.78 is 6.29. The molecule has 0 aromatic rings. The normalized spacial score (nSPS) is 28.4. The van der Waals surface area contributed by atoms with Crippen molar-refractivity contribution < 1.29 is 14.3 Å². The Labute approximate surface area is 124 Å². The fourth-order valence-electron chi connectivity index (χ4n) is 2.26. The van der Waals surface area contributed by atoms with Gasteiger partial charge in [-0.15, -0.1) is 0 Å². The Hall–Kier alpha value is -0.393. The highest BCUT2D eigenvalue weighted by Gasteiger charge is 2.44. The van der Waals surface area contributed by atoms with Crippen LogP contribution in [0.4, 0.5) is 0 Å². The maximum Gasteiger partial charge on any atom is 0.225 e. The van der Waals surface area contributed by atoms with E-state index in [0.29, 0.717) is 6.54 Å². The number of hydrogen-bond acceptors (Lipinski definition) is 3. The lowest BCUT2D eigenvalue weighted by atomic mass is 9.89. The Morgan fingerprint density at radius 3 is 2.50 bits per heavy atom. The van der Waals surface area contributed by atoms with Gasteiger partial charge in [0.1, 0.15) is 0 Å². The number of piperidine rings is 1. The zero-order chi connectivity index (χ0) is 15.6. The molecule has 2 N–H and O–H groups in total. The van der Waals surface area contributed by atoms with Gasteiger partial charge in [0.2, 0.25) is 5.91 Å². The summed E-state index contributed by atoms with van der Waals surface area (Å²) in [5.41, 5.74) is 0. The van der Waals surface area contributed by atoms with Gasteiger partial charge >= 0.3 is 0 Å². The van der Waals surface area contributed by atoms with Crippen molar-refractivity contribution in [3.63, 3.8) is 0 Å². The maximum atomic E-state index is 11.9. The summed E-state index contributed by atoms with van der Waals surface area (Å²) in [7, 11) is -1.93. The molecule has 0 aliphatic carbocycles. The zero-order valence-electron chi connectivity index (χ0n) is 13.8. The molecule has 0 unspecified atom stereocenters. The molecule has 20 heavy (non-hydrogen) atoms. The summed E-state index contributed by atoms with van der Waals surface area (Å²) >= 11 is 0. The van der Waals surface area contributed by atoms with Crippen molar-refractivity contribution in [1.29, 1.82) is 0 Å². The number of carbonyl (C=O) groups excluding carboxylic acids is 1. The molecule has 1 amide bonds. The number of amides is 1. The average Bonchev–Trinajstić information content (AvgIpc) is 2.31. The molecule has 5 heteroatoms. The van der Waals surface area contributed by atoms with Crippen molar-refractivity contribution in [3.05, 3.63) is 0 Å². The van der Waals surface area contributed by atoms with Gasteiger partial charge in [-0.2, -0.15) is 0 Å². The van der Waals surface area contributed by atoms with Crippen LogP contribution in [0.25, 0.3) is 0 Å². The number of unbranched alkanes of at least 4 members (excludes halogenated alkanes) is 1. The molecule has 3 atom stereocenters. The Balaban J connectivity index is 2.74. The first-order chi connectivity index (χ1) is 9.10. The standard InChI is InChI=1S/C15H31NO3Si/c1-7-8-9-11-13(17)12(10-16-14(11)18)19-20(5,6)15(2,3)4/h11-13,17H,7-10H2,1-6H3,(H,16,18)/t11-,12-,13-/m1/s1. The molecule has 118 valence electrons. The minimum absolute atomic E-state index is 0.0268. The van der Waals surface area contributed by atoms with Crippen LogP contribution in [0, 0.1) is 5.92 Å². The van der Waals surface area contributed by atoms with E-state index in [1.165, 1.54) is 0 Å². The third-order valence-corrected chi connectivity index (χ3v) is 9.23. The molecule has 1 heterocycles. The Morgan fingerprint density at radius 1 is 1.40 bits per heavy atom. The molecule has 0 saturated carbocycles. The van der Waals surface area contributed by atoms with Crippen molar-refractivity contribution in [2.24, 2.45) is 5.92 Å².